The second-order valence-electron chi connectivity index (χ2n) is 3.80. The Morgan fingerprint density at radius 3 is 2.67 bits per heavy atom. The number of H-pyrrole nitrogens is 2. The lowest BCUT2D eigenvalue weighted by molar-refractivity contribution is -0.00693. The molecule has 15 heavy (non-hydrogen) atoms. The summed E-state index contributed by atoms with van der Waals surface area (Å²) in [5, 5.41) is 0. The lowest BCUT2D eigenvalue weighted by Gasteiger charge is -2.36. The van der Waals surface area contributed by atoms with E-state index in [0.717, 1.165) is 16.6 Å². The molecular formula is C10H9BrN2O2. The Bertz CT molecular complexity index is 568. The number of rotatable bonds is 1. The normalized spacial score (nSPS) is 19.0. The van der Waals surface area contributed by atoms with Crippen molar-refractivity contribution in [2.75, 3.05) is 13.2 Å². The quantitative estimate of drug-likeness (QED) is 0.770. The first kappa shape index (κ1) is 9.18. The molecule has 1 aromatic carbocycles. The molecule has 5 heteroatoms. The van der Waals surface area contributed by atoms with Gasteiger partial charge in [0.05, 0.1) is 28.6 Å². The van der Waals surface area contributed by atoms with Crippen molar-refractivity contribution in [1.82, 2.24) is 9.97 Å². The predicted octanol–water partition coefficient (Wildman–Crippen LogP) is 1.48. The second kappa shape index (κ2) is 2.96. The molecule has 0 aliphatic carbocycles. The van der Waals surface area contributed by atoms with Gasteiger partial charge in [-0.05, 0) is 17.7 Å². The highest BCUT2D eigenvalue weighted by molar-refractivity contribution is 9.09. The average Bonchev–Trinajstić information content (AvgIpc) is 2.53. The predicted molar refractivity (Wildman–Crippen MR) is 60.3 cm³/mol. The van der Waals surface area contributed by atoms with Crippen molar-refractivity contribution in [1.29, 1.82) is 0 Å². The first-order chi connectivity index (χ1) is 7.17. The first-order valence-corrected chi connectivity index (χ1v) is 5.46. The number of aromatic amines is 2. The largest absolute Gasteiger partial charge is 0.378 e. The SMILES string of the molecule is O=c1[nH]c2ccc(C3(Br)COC3)cc2[nH]1. The van der Waals surface area contributed by atoms with Crippen LogP contribution in [0.4, 0.5) is 0 Å². The number of benzene rings is 1. The summed E-state index contributed by atoms with van der Waals surface area (Å²) in [6.45, 7) is 1.35. The summed E-state index contributed by atoms with van der Waals surface area (Å²) in [5.41, 5.74) is 2.63. The number of hydrogen-bond acceptors (Lipinski definition) is 2. The molecule has 4 nitrogen and oxygen atoms in total. The van der Waals surface area contributed by atoms with Gasteiger partial charge in [-0.2, -0.15) is 0 Å². The van der Waals surface area contributed by atoms with Gasteiger partial charge < -0.3 is 14.7 Å². The minimum Gasteiger partial charge on any atom is -0.378 e. The van der Waals surface area contributed by atoms with Gasteiger partial charge in [0.2, 0.25) is 0 Å². The summed E-state index contributed by atoms with van der Waals surface area (Å²) >= 11 is 3.64. The van der Waals surface area contributed by atoms with E-state index in [1.807, 2.05) is 18.2 Å². The average molecular weight is 269 g/mol. The molecule has 78 valence electrons. The van der Waals surface area contributed by atoms with E-state index in [9.17, 15) is 4.79 Å². The van der Waals surface area contributed by atoms with Gasteiger partial charge in [0.1, 0.15) is 0 Å². The number of fused-ring (bicyclic) bond motifs is 1. The number of nitrogens with one attached hydrogen (secondary N) is 2. The molecule has 0 unspecified atom stereocenters. The Morgan fingerprint density at radius 1 is 1.27 bits per heavy atom. The minimum atomic E-state index is -0.171. The van der Waals surface area contributed by atoms with Gasteiger partial charge >= 0.3 is 5.69 Å². The molecule has 1 fully saturated rings. The van der Waals surface area contributed by atoms with Gasteiger partial charge in [0, 0.05) is 0 Å². The fourth-order valence-corrected chi connectivity index (χ4v) is 2.33. The van der Waals surface area contributed by atoms with Crippen LogP contribution in [0, 0.1) is 0 Å². The molecule has 0 saturated carbocycles. The van der Waals surface area contributed by atoms with Crippen LogP contribution in [0.15, 0.2) is 23.0 Å². The smallest absolute Gasteiger partial charge is 0.323 e. The molecule has 0 atom stereocenters. The first-order valence-electron chi connectivity index (χ1n) is 4.67. The molecule has 1 aliphatic heterocycles. The molecule has 0 amide bonds. The molecule has 1 saturated heterocycles. The molecule has 0 spiro atoms. The Hall–Kier alpha value is -1.07. The number of imidazole rings is 1. The van der Waals surface area contributed by atoms with Crippen molar-refractivity contribution in [2.24, 2.45) is 0 Å². The van der Waals surface area contributed by atoms with Gasteiger partial charge in [0.25, 0.3) is 0 Å². The monoisotopic (exact) mass is 268 g/mol. The third kappa shape index (κ3) is 1.34. The van der Waals surface area contributed by atoms with Crippen molar-refractivity contribution in [3.63, 3.8) is 0 Å². The third-order valence-corrected chi connectivity index (χ3v) is 3.61. The van der Waals surface area contributed by atoms with Crippen LogP contribution in [0.5, 0.6) is 0 Å². The molecule has 0 radical (unpaired) electrons. The fraction of sp³-hybridized carbons (Fsp3) is 0.300. The molecular weight excluding hydrogens is 260 g/mol. The van der Waals surface area contributed by atoms with E-state index in [1.165, 1.54) is 0 Å². The number of alkyl halides is 1. The van der Waals surface area contributed by atoms with Crippen molar-refractivity contribution in [3.05, 3.63) is 34.2 Å². The Labute approximate surface area is 93.8 Å². The van der Waals surface area contributed by atoms with Gasteiger partial charge in [0.15, 0.2) is 0 Å². The minimum absolute atomic E-state index is 0.0741. The van der Waals surface area contributed by atoms with Crippen molar-refractivity contribution < 1.29 is 4.74 Å². The zero-order valence-electron chi connectivity index (χ0n) is 7.84. The Kier molecular flexibility index (Phi) is 1.81. The Morgan fingerprint density at radius 2 is 2.00 bits per heavy atom. The molecule has 3 rings (SSSR count). The number of ether oxygens (including phenoxy) is 1. The van der Waals surface area contributed by atoms with E-state index < -0.39 is 0 Å². The molecule has 0 bridgehead atoms. The molecule has 1 aliphatic rings. The number of hydrogen-bond donors (Lipinski definition) is 2. The van der Waals surface area contributed by atoms with Crippen LogP contribution >= 0.6 is 15.9 Å². The summed E-state index contributed by atoms with van der Waals surface area (Å²) in [7, 11) is 0. The maximum absolute atomic E-state index is 11.1. The van der Waals surface area contributed by atoms with Gasteiger partial charge in [-0.1, -0.05) is 22.0 Å². The second-order valence-corrected chi connectivity index (χ2v) is 5.32. The van der Waals surface area contributed by atoms with Crippen LogP contribution in [0.1, 0.15) is 5.56 Å². The summed E-state index contributed by atoms with van der Waals surface area (Å²) in [6.07, 6.45) is 0. The summed E-state index contributed by atoms with van der Waals surface area (Å²) < 4.78 is 5.11. The van der Waals surface area contributed by atoms with E-state index in [-0.39, 0.29) is 10.0 Å². The zero-order valence-corrected chi connectivity index (χ0v) is 9.43. The van der Waals surface area contributed by atoms with Crippen LogP contribution in [0.2, 0.25) is 0 Å². The van der Waals surface area contributed by atoms with Crippen LogP contribution in [0.25, 0.3) is 11.0 Å². The van der Waals surface area contributed by atoms with E-state index in [0.29, 0.717) is 13.2 Å². The van der Waals surface area contributed by atoms with E-state index >= 15 is 0 Å². The number of aromatic nitrogens is 2. The van der Waals surface area contributed by atoms with Gasteiger partial charge in [-0.3, -0.25) is 0 Å². The summed E-state index contributed by atoms with van der Waals surface area (Å²) in [6, 6.07) is 5.89. The number of halogens is 1. The third-order valence-electron chi connectivity index (χ3n) is 2.70. The van der Waals surface area contributed by atoms with E-state index in [1.54, 1.807) is 0 Å². The van der Waals surface area contributed by atoms with Crippen LogP contribution in [-0.4, -0.2) is 23.2 Å². The standard InChI is InChI=1S/C10H9BrN2O2/c11-10(4-15-5-10)6-1-2-7-8(3-6)13-9(14)12-7/h1-3H,4-5H2,(H2,12,13,14). The fourth-order valence-electron chi connectivity index (χ4n) is 1.76. The summed E-state index contributed by atoms with van der Waals surface area (Å²) in [5.74, 6) is 0. The lowest BCUT2D eigenvalue weighted by Crippen LogP contribution is -2.40. The lowest BCUT2D eigenvalue weighted by atomic mass is 9.97. The van der Waals surface area contributed by atoms with E-state index in [2.05, 4.69) is 25.9 Å². The molecule has 2 aromatic rings. The van der Waals surface area contributed by atoms with Crippen molar-refractivity contribution in [2.45, 2.75) is 4.32 Å². The van der Waals surface area contributed by atoms with Crippen LogP contribution in [-0.2, 0) is 9.06 Å². The maximum Gasteiger partial charge on any atom is 0.323 e. The highest BCUT2D eigenvalue weighted by atomic mass is 79.9. The van der Waals surface area contributed by atoms with Crippen LogP contribution in [0.3, 0.4) is 0 Å². The summed E-state index contributed by atoms with van der Waals surface area (Å²) in [4.78, 5) is 16.5. The van der Waals surface area contributed by atoms with E-state index in [4.69, 9.17) is 4.74 Å². The van der Waals surface area contributed by atoms with Crippen LogP contribution < -0.4 is 5.69 Å². The van der Waals surface area contributed by atoms with Crippen molar-refractivity contribution in [3.8, 4) is 0 Å². The molecule has 2 heterocycles. The molecule has 2 N–H and O–H groups in total. The maximum atomic E-state index is 11.1. The zero-order chi connectivity index (χ0) is 10.5. The van der Waals surface area contributed by atoms with Crippen molar-refractivity contribution >= 4 is 27.0 Å². The molecule has 1 aromatic heterocycles. The highest BCUT2D eigenvalue weighted by Gasteiger charge is 2.37. The van der Waals surface area contributed by atoms with Gasteiger partial charge in [-0.15, -0.1) is 0 Å². The Balaban J connectivity index is 2.17. The highest BCUT2D eigenvalue weighted by Crippen LogP contribution is 2.39. The van der Waals surface area contributed by atoms with Gasteiger partial charge in [-0.25, -0.2) is 4.79 Å². The topological polar surface area (TPSA) is 57.9 Å².